The molecule has 9 heteroatoms. The Balaban J connectivity index is 1.47. The molecule has 0 saturated carbocycles. The molecular weight excluding hydrogens is 458 g/mol. The van der Waals surface area contributed by atoms with Crippen LogP contribution in [0.3, 0.4) is 0 Å². The van der Waals surface area contributed by atoms with Crippen molar-refractivity contribution >= 4 is 28.6 Å². The molecule has 1 aliphatic rings. The maximum absolute atomic E-state index is 13.2. The summed E-state index contributed by atoms with van der Waals surface area (Å²) in [5, 5.41) is 0. The molecule has 0 bridgehead atoms. The molecule has 2 unspecified atom stereocenters. The predicted molar refractivity (Wildman–Crippen MR) is 131 cm³/mol. The molecule has 1 saturated heterocycles. The van der Waals surface area contributed by atoms with Crippen LogP contribution in [0.15, 0.2) is 78.9 Å². The molecule has 34 heavy (non-hydrogen) atoms. The molecule has 1 aliphatic heterocycles. The first kappa shape index (κ1) is 24.1. The molecular formula is C25H26BFO6S. The van der Waals surface area contributed by atoms with Gasteiger partial charge in [0.15, 0.2) is 0 Å². The van der Waals surface area contributed by atoms with Crippen molar-refractivity contribution in [1.82, 2.24) is 0 Å². The first-order valence-corrected chi connectivity index (χ1v) is 12.3. The fourth-order valence-corrected chi connectivity index (χ4v) is 3.72. The van der Waals surface area contributed by atoms with E-state index in [9.17, 15) is 8.09 Å². The van der Waals surface area contributed by atoms with Gasteiger partial charge in [0.1, 0.15) is 17.2 Å². The van der Waals surface area contributed by atoms with E-state index in [-0.39, 0.29) is 11.2 Å². The minimum atomic E-state index is -4.10. The van der Waals surface area contributed by atoms with E-state index in [1.54, 1.807) is 12.1 Å². The second-order valence-electron chi connectivity index (χ2n) is 8.76. The van der Waals surface area contributed by atoms with E-state index in [0.29, 0.717) is 24.7 Å². The van der Waals surface area contributed by atoms with Gasteiger partial charge in [0.25, 0.3) is 16.5 Å². The summed E-state index contributed by atoms with van der Waals surface area (Å²) in [5.41, 5.74) is 1.71. The van der Waals surface area contributed by atoms with Crippen LogP contribution in [-0.4, -0.2) is 30.4 Å². The molecule has 0 spiro atoms. The molecule has 0 N–H and O–H groups in total. The Morgan fingerprint density at radius 1 is 0.882 bits per heavy atom. The highest BCUT2D eigenvalue weighted by Crippen LogP contribution is 2.28. The summed E-state index contributed by atoms with van der Waals surface area (Å²) in [5.74, 6) is 3.98. The highest BCUT2D eigenvalue weighted by atomic mass is 32.3. The van der Waals surface area contributed by atoms with Crippen molar-refractivity contribution in [3.63, 3.8) is 0 Å². The van der Waals surface area contributed by atoms with E-state index in [0.717, 1.165) is 11.0 Å². The maximum atomic E-state index is 13.2. The summed E-state index contributed by atoms with van der Waals surface area (Å²) in [6, 6.07) is 23.0. The monoisotopic (exact) mass is 484 g/mol. The lowest BCUT2D eigenvalue weighted by molar-refractivity contribution is 0.00379. The average molecular weight is 484 g/mol. The average Bonchev–Trinajstić information content (AvgIpc) is 2.80. The van der Waals surface area contributed by atoms with E-state index in [1.165, 1.54) is 12.1 Å². The summed E-state index contributed by atoms with van der Waals surface area (Å²) in [7, 11) is -4.50. The highest BCUT2D eigenvalue weighted by molar-refractivity contribution is 7.91. The van der Waals surface area contributed by atoms with Crippen molar-refractivity contribution in [2.24, 2.45) is 5.41 Å². The molecule has 6 nitrogen and oxygen atoms in total. The maximum Gasteiger partial charge on any atom is 0.493 e. The summed E-state index contributed by atoms with van der Waals surface area (Å²) in [6.45, 7) is 5.46. The Hall–Kier alpha value is -3.01. The number of hydrogen-bond acceptors (Lipinski definition) is 6. The lowest BCUT2D eigenvalue weighted by Gasteiger charge is -2.33. The molecule has 178 valence electrons. The van der Waals surface area contributed by atoms with Gasteiger partial charge in [-0.2, -0.15) is 4.21 Å². The van der Waals surface area contributed by atoms with Crippen molar-refractivity contribution in [3.05, 3.63) is 84.4 Å². The van der Waals surface area contributed by atoms with Gasteiger partial charge in [-0.05, 0) is 41.9 Å². The SMILES string of the molecule is C=S(=O)(F)Oc1ccc(OC(Oc2ccc(B3OCC(C)(C)CO3)cc2)c2ccccc2)cc1. The zero-order valence-corrected chi connectivity index (χ0v) is 19.8. The first-order chi connectivity index (χ1) is 16.2. The standard InChI is InChI=1S/C25H26BFO6S/c1-25(2)17-29-26(30-18-25)20-9-11-21(12-10-20)31-24(19-7-5-4-6-8-19)32-22-13-15-23(16-14-22)33-34(3,27)28/h4-16,24H,3,17-18H2,1-2H3. The Morgan fingerprint density at radius 2 is 1.38 bits per heavy atom. The second-order valence-corrected chi connectivity index (χ2v) is 10.0. The van der Waals surface area contributed by atoms with E-state index >= 15 is 0 Å². The summed E-state index contributed by atoms with van der Waals surface area (Å²) in [4.78, 5) is 0. The van der Waals surface area contributed by atoms with E-state index in [1.807, 2.05) is 54.6 Å². The van der Waals surface area contributed by atoms with Crippen LogP contribution < -0.4 is 19.1 Å². The van der Waals surface area contributed by atoms with Crippen molar-refractivity contribution in [3.8, 4) is 17.2 Å². The van der Waals surface area contributed by atoms with Gasteiger partial charge >= 0.3 is 7.12 Å². The predicted octanol–water partition coefficient (Wildman–Crippen LogP) is 4.51. The summed E-state index contributed by atoms with van der Waals surface area (Å²) in [6.07, 6.45) is -0.750. The quantitative estimate of drug-likeness (QED) is 0.203. The van der Waals surface area contributed by atoms with E-state index in [4.69, 9.17) is 18.8 Å². The van der Waals surface area contributed by atoms with Gasteiger partial charge < -0.3 is 23.0 Å². The van der Waals surface area contributed by atoms with Gasteiger partial charge in [-0.3, -0.25) is 0 Å². The molecule has 3 aromatic carbocycles. The van der Waals surface area contributed by atoms with Crippen LogP contribution in [0.2, 0.25) is 0 Å². The third kappa shape index (κ3) is 6.76. The Labute approximate surface area is 200 Å². The zero-order chi connectivity index (χ0) is 24.2. The van der Waals surface area contributed by atoms with Crippen LogP contribution in [0.25, 0.3) is 0 Å². The molecule has 0 aliphatic carbocycles. The second kappa shape index (κ2) is 10.1. The van der Waals surface area contributed by atoms with Crippen molar-refractivity contribution in [2.45, 2.75) is 20.1 Å². The Morgan fingerprint density at radius 3 is 1.91 bits per heavy atom. The Bertz CT molecular complexity index is 1170. The van der Waals surface area contributed by atoms with E-state index in [2.05, 4.69) is 23.9 Å². The fourth-order valence-electron chi connectivity index (χ4n) is 3.32. The number of hydrogen-bond donors (Lipinski definition) is 0. The smallest absolute Gasteiger partial charge is 0.451 e. The van der Waals surface area contributed by atoms with Crippen LogP contribution in [0.4, 0.5) is 3.89 Å². The molecule has 2 atom stereocenters. The van der Waals surface area contributed by atoms with Crippen molar-refractivity contribution in [2.75, 3.05) is 13.2 Å². The normalized spacial score (nSPS) is 17.9. The highest BCUT2D eigenvalue weighted by Gasteiger charge is 2.33. The molecule has 1 heterocycles. The molecule has 0 aromatic heterocycles. The molecule has 1 fully saturated rings. The lowest BCUT2D eigenvalue weighted by Crippen LogP contribution is -2.47. The van der Waals surface area contributed by atoms with Crippen molar-refractivity contribution < 1.29 is 31.1 Å². The largest absolute Gasteiger partial charge is 0.493 e. The molecule has 4 rings (SSSR count). The number of rotatable bonds is 8. The fraction of sp³-hybridized carbons (Fsp3) is 0.240. The number of halogens is 1. The summed E-state index contributed by atoms with van der Waals surface area (Å²) < 4.78 is 52.8. The van der Waals surface area contributed by atoms with E-state index < -0.39 is 23.6 Å². The minimum Gasteiger partial charge on any atom is -0.451 e. The first-order valence-electron chi connectivity index (χ1n) is 10.7. The third-order valence-corrected chi connectivity index (χ3v) is 5.45. The third-order valence-electron chi connectivity index (χ3n) is 5.01. The molecule has 0 amide bonds. The van der Waals surface area contributed by atoms with Gasteiger partial charge in [0.2, 0.25) is 0 Å². The lowest BCUT2D eigenvalue weighted by atomic mass is 9.76. The van der Waals surface area contributed by atoms with Crippen LogP contribution in [-0.2, 0) is 19.5 Å². The van der Waals surface area contributed by atoms with Crippen molar-refractivity contribution in [1.29, 1.82) is 0 Å². The minimum absolute atomic E-state index is 0.00268. The van der Waals surface area contributed by atoms with Gasteiger partial charge in [-0.25, -0.2) is 0 Å². The van der Waals surface area contributed by atoms with Gasteiger partial charge in [-0.1, -0.05) is 56.3 Å². The van der Waals surface area contributed by atoms with Gasteiger partial charge in [0, 0.05) is 30.1 Å². The van der Waals surface area contributed by atoms with Crippen LogP contribution in [0, 0.1) is 5.41 Å². The Kier molecular flexibility index (Phi) is 7.16. The van der Waals surface area contributed by atoms with Gasteiger partial charge in [-0.15, -0.1) is 3.89 Å². The van der Waals surface area contributed by atoms with Crippen LogP contribution >= 0.6 is 0 Å². The topological polar surface area (TPSA) is 63.2 Å². The number of benzene rings is 3. The number of ether oxygens (including phenoxy) is 2. The molecule has 3 aromatic rings. The van der Waals surface area contributed by atoms with Crippen LogP contribution in [0.1, 0.15) is 25.7 Å². The zero-order valence-electron chi connectivity index (χ0n) is 19.0. The molecule has 0 radical (unpaired) electrons. The van der Waals surface area contributed by atoms with Crippen LogP contribution in [0.5, 0.6) is 17.2 Å². The van der Waals surface area contributed by atoms with Gasteiger partial charge in [0.05, 0.1) is 0 Å². The summed E-state index contributed by atoms with van der Waals surface area (Å²) >= 11 is 0.